The molecule has 1 aliphatic heterocycles. The molecule has 4 rings (SSSR count). The number of benzene rings is 1. The Morgan fingerprint density at radius 2 is 1.95 bits per heavy atom. The lowest BCUT2D eigenvalue weighted by Gasteiger charge is -2.30. The molecule has 1 aromatic heterocycles. The molecule has 0 amide bonds. The van der Waals surface area contributed by atoms with Gasteiger partial charge in [0.15, 0.2) is 20.7 Å². The standard InChI is InChI=1S/C27H38ClN7O3S/c1-16(2)39(36,37)25(29)23(15-30-4)33-26-21(28)14-32-27(35-26)34-22-12-17(3)20(18-8-10-31-11-9-18)13-24(22)38-19-6-5-7-19/h12-16,18-19,29-31H,5-11H2,1-4H3,(H2,32,33,34,35)/b23-15+,29-25?. The normalized spacial score (nSPS) is 17.0. The quantitative estimate of drug-likeness (QED) is 0.198. The van der Waals surface area contributed by atoms with Crippen LogP contribution in [0.2, 0.25) is 5.02 Å². The molecule has 0 radical (unpaired) electrons. The van der Waals surface area contributed by atoms with Gasteiger partial charge in [-0.15, -0.1) is 0 Å². The molecule has 2 aromatic rings. The minimum Gasteiger partial charge on any atom is -0.488 e. The summed E-state index contributed by atoms with van der Waals surface area (Å²) in [5, 5.41) is 19.6. The number of halogens is 1. The van der Waals surface area contributed by atoms with Gasteiger partial charge in [-0.3, -0.25) is 5.41 Å². The van der Waals surface area contributed by atoms with Gasteiger partial charge in [-0.1, -0.05) is 11.6 Å². The Morgan fingerprint density at radius 3 is 2.56 bits per heavy atom. The molecule has 1 saturated carbocycles. The fourth-order valence-electron chi connectivity index (χ4n) is 4.59. The van der Waals surface area contributed by atoms with Crippen LogP contribution in [-0.2, 0) is 9.84 Å². The van der Waals surface area contributed by atoms with Gasteiger partial charge >= 0.3 is 0 Å². The van der Waals surface area contributed by atoms with Crippen LogP contribution >= 0.6 is 11.6 Å². The van der Waals surface area contributed by atoms with E-state index >= 15 is 0 Å². The molecule has 10 nitrogen and oxygen atoms in total. The Kier molecular flexibility index (Phi) is 9.35. The monoisotopic (exact) mass is 575 g/mol. The SMILES string of the molecule is CN/C=C(/Nc1nc(Nc2cc(C)c(C3CCNCC3)cc2OC2CCC2)ncc1Cl)C(=N)S(=O)(=O)C(C)C. The number of hydrogen-bond acceptors (Lipinski definition) is 10. The number of nitrogens with zero attached hydrogens (tertiary/aromatic N) is 2. The number of sulfone groups is 1. The maximum Gasteiger partial charge on any atom is 0.229 e. The zero-order valence-corrected chi connectivity index (χ0v) is 24.5. The highest BCUT2D eigenvalue weighted by Gasteiger charge is 2.27. The predicted octanol–water partition coefficient (Wildman–Crippen LogP) is 4.85. The van der Waals surface area contributed by atoms with Gasteiger partial charge in [0, 0.05) is 13.2 Å². The average Bonchev–Trinajstić information content (AvgIpc) is 2.88. The van der Waals surface area contributed by atoms with Crippen LogP contribution in [0.1, 0.15) is 63.0 Å². The van der Waals surface area contributed by atoms with E-state index in [1.165, 1.54) is 43.8 Å². The first-order chi connectivity index (χ1) is 18.6. The van der Waals surface area contributed by atoms with Crippen LogP contribution in [0.25, 0.3) is 0 Å². The van der Waals surface area contributed by atoms with E-state index in [2.05, 4.69) is 50.3 Å². The smallest absolute Gasteiger partial charge is 0.229 e. The van der Waals surface area contributed by atoms with E-state index in [1.54, 1.807) is 7.05 Å². The molecule has 1 aromatic carbocycles. The summed E-state index contributed by atoms with van der Waals surface area (Å²) in [5.41, 5.74) is 3.26. The molecule has 12 heteroatoms. The maximum absolute atomic E-state index is 12.6. The summed E-state index contributed by atoms with van der Waals surface area (Å²) in [7, 11) is -2.22. The number of rotatable bonds is 10. The van der Waals surface area contributed by atoms with Crippen molar-refractivity contribution in [2.45, 2.75) is 70.1 Å². The van der Waals surface area contributed by atoms with E-state index in [0.29, 0.717) is 5.92 Å². The Morgan fingerprint density at radius 1 is 1.23 bits per heavy atom. The lowest BCUT2D eigenvalue weighted by Crippen LogP contribution is -2.28. The number of nitrogens with one attached hydrogen (secondary N) is 5. The van der Waals surface area contributed by atoms with Gasteiger partial charge in [0.2, 0.25) is 5.95 Å². The number of aromatic nitrogens is 2. The summed E-state index contributed by atoms with van der Waals surface area (Å²) in [6.45, 7) is 7.19. The minimum atomic E-state index is -3.83. The molecule has 0 unspecified atom stereocenters. The largest absolute Gasteiger partial charge is 0.488 e. The van der Waals surface area contributed by atoms with Crippen LogP contribution in [0, 0.1) is 12.3 Å². The van der Waals surface area contributed by atoms with Crippen molar-refractivity contribution < 1.29 is 13.2 Å². The molecule has 1 saturated heterocycles. The first-order valence-electron chi connectivity index (χ1n) is 13.4. The Labute approximate surface area is 235 Å². The van der Waals surface area contributed by atoms with E-state index in [0.717, 1.165) is 50.2 Å². The molecule has 2 fully saturated rings. The van der Waals surface area contributed by atoms with E-state index < -0.39 is 20.1 Å². The van der Waals surface area contributed by atoms with Gasteiger partial charge in [-0.2, -0.15) is 4.98 Å². The van der Waals surface area contributed by atoms with Crippen LogP contribution in [0.3, 0.4) is 0 Å². The van der Waals surface area contributed by atoms with E-state index in [9.17, 15) is 8.42 Å². The summed E-state index contributed by atoms with van der Waals surface area (Å²) in [5.74, 6) is 1.69. The minimum absolute atomic E-state index is 0.0222. The molecule has 39 heavy (non-hydrogen) atoms. The van der Waals surface area contributed by atoms with Crippen molar-refractivity contribution in [3.63, 3.8) is 0 Å². The van der Waals surface area contributed by atoms with Gasteiger partial charge in [0.25, 0.3) is 0 Å². The molecule has 5 N–H and O–H groups in total. The number of ether oxygens (including phenoxy) is 1. The predicted molar refractivity (Wildman–Crippen MR) is 157 cm³/mol. The Hall–Kier alpha value is -2.89. The van der Waals surface area contributed by atoms with E-state index in [1.807, 2.05) is 0 Å². The highest BCUT2D eigenvalue weighted by molar-refractivity contribution is 8.07. The Balaban J connectivity index is 1.63. The van der Waals surface area contributed by atoms with Crippen molar-refractivity contribution >= 4 is 43.9 Å². The second-order valence-corrected chi connectivity index (χ2v) is 13.2. The second kappa shape index (κ2) is 12.5. The summed E-state index contributed by atoms with van der Waals surface area (Å²) >= 11 is 6.37. The van der Waals surface area contributed by atoms with Crippen molar-refractivity contribution in [3.8, 4) is 5.75 Å². The molecule has 1 aliphatic carbocycles. The topological polar surface area (TPSA) is 141 Å². The van der Waals surface area contributed by atoms with Crippen LogP contribution in [-0.4, -0.2) is 54.9 Å². The van der Waals surface area contributed by atoms with Crippen molar-refractivity contribution in [3.05, 3.63) is 46.4 Å². The van der Waals surface area contributed by atoms with Crippen LogP contribution in [0.15, 0.2) is 30.2 Å². The highest BCUT2D eigenvalue weighted by atomic mass is 35.5. The van der Waals surface area contributed by atoms with Gasteiger partial charge < -0.3 is 26.0 Å². The zero-order chi connectivity index (χ0) is 28.2. The summed E-state index contributed by atoms with van der Waals surface area (Å²) in [6, 6.07) is 4.24. The third-order valence-electron chi connectivity index (χ3n) is 7.18. The van der Waals surface area contributed by atoms with E-state index in [-0.39, 0.29) is 28.6 Å². The zero-order valence-electron chi connectivity index (χ0n) is 22.9. The van der Waals surface area contributed by atoms with Crippen LogP contribution in [0.4, 0.5) is 17.5 Å². The van der Waals surface area contributed by atoms with Gasteiger partial charge in [-0.25, -0.2) is 13.4 Å². The molecule has 2 heterocycles. The molecular formula is C27H38ClN7O3S. The van der Waals surface area contributed by atoms with Gasteiger partial charge in [-0.05, 0) is 95.1 Å². The fraction of sp³-hybridized carbons (Fsp3) is 0.519. The number of aryl methyl sites for hydroxylation is 1. The third-order valence-corrected chi connectivity index (χ3v) is 9.48. The molecule has 0 bridgehead atoms. The lowest BCUT2D eigenvalue weighted by molar-refractivity contribution is 0.121. The van der Waals surface area contributed by atoms with Crippen molar-refractivity contribution in [1.29, 1.82) is 5.41 Å². The van der Waals surface area contributed by atoms with Gasteiger partial charge in [0.05, 0.1) is 28.9 Å². The van der Waals surface area contributed by atoms with Crippen molar-refractivity contribution in [2.24, 2.45) is 0 Å². The first kappa shape index (κ1) is 29.1. The summed E-state index contributed by atoms with van der Waals surface area (Å²) in [4.78, 5) is 8.85. The molecule has 2 aliphatic rings. The van der Waals surface area contributed by atoms with Crippen LogP contribution < -0.4 is 26.0 Å². The van der Waals surface area contributed by atoms with Crippen LogP contribution in [0.5, 0.6) is 5.75 Å². The van der Waals surface area contributed by atoms with Crippen molar-refractivity contribution in [2.75, 3.05) is 30.8 Å². The summed E-state index contributed by atoms with van der Waals surface area (Å²) in [6.07, 6.45) is 8.44. The highest BCUT2D eigenvalue weighted by Crippen LogP contribution is 2.39. The first-order valence-corrected chi connectivity index (χ1v) is 15.3. The average molecular weight is 576 g/mol. The molecule has 0 atom stereocenters. The fourth-order valence-corrected chi connectivity index (χ4v) is 5.62. The molecular weight excluding hydrogens is 538 g/mol. The molecule has 212 valence electrons. The van der Waals surface area contributed by atoms with Gasteiger partial charge in [0.1, 0.15) is 10.8 Å². The number of hydrogen-bond donors (Lipinski definition) is 5. The number of anilines is 3. The maximum atomic E-state index is 12.6. The molecule has 0 spiro atoms. The second-order valence-electron chi connectivity index (χ2n) is 10.3. The summed E-state index contributed by atoms with van der Waals surface area (Å²) < 4.78 is 31.7. The Bertz CT molecular complexity index is 1340. The van der Waals surface area contributed by atoms with Crippen molar-refractivity contribution in [1.82, 2.24) is 20.6 Å². The van der Waals surface area contributed by atoms with E-state index in [4.69, 9.17) is 21.7 Å². The lowest BCUT2D eigenvalue weighted by atomic mass is 9.87. The third kappa shape index (κ3) is 6.82. The number of piperidine rings is 1.